The van der Waals surface area contributed by atoms with E-state index in [9.17, 15) is 4.79 Å². The number of hydrogen-bond donors (Lipinski definition) is 2. The predicted octanol–water partition coefficient (Wildman–Crippen LogP) is 3.97. The fraction of sp³-hybridized carbons (Fsp3) is 0.227. The first-order valence-corrected chi connectivity index (χ1v) is 9.62. The number of piperidine rings is 1. The summed E-state index contributed by atoms with van der Waals surface area (Å²) in [5.41, 5.74) is 3.64. The quantitative estimate of drug-likeness (QED) is 0.572. The maximum Gasteiger partial charge on any atom is 0.253 e. The highest BCUT2D eigenvalue weighted by Crippen LogP contribution is 2.28. The zero-order chi connectivity index (χ0) is 18.9. The topological polar surface area (TPSA) is 77.7 Å². The first-order chi connectivity index (χ1) is 13.8. The summed E-state index contributed by atoms with van der Waals surface area (Å²) in [7, 11) is 0. The van der Waals surface area contributed by atoms with Crippen molar-refractivity contribution in [2.45, 2.75) is 18.8 Å². The van der Waals surface area contributed by atoms with Crippen LogP contribution in [-0.4, -0.2) is 43.8 Å². The molecule has 4 aromatic rings. The Morgan fingerprint density at radius 1 is 1.14 bits per heavy atom. The molecule has 28 heavy (non-hydrogen) atoms. The van der Waals surface area contributed by atoms with Crippen molar-refractivity contribution in [2.24, 2.45) is 0 Å². The minimum atomic E-state index is 0.0641. The highest BCUT2D eigenvalue weighted by atomic mass is 16.2. The second kappa shape index (κ2) is 6.96. The lowest BCUT2D eigenvalue weighted by molar-refractivity contribution is 0.0705. The van der Waals surface area contributed by atoms with Gasteiger partial charge in [-0.2, -0.15) is 0 Å². The van der Waals surface area contributed by atoms with Gasteiger partial charge in [0.25, 0.3) is 5.91 Å². The standard InChI is InChI=1S/C22H21N5O/c28-22(16-6-3-5-15(13-16)20-23-10-11-24-20)27-12-4-7-17(14-27)21-25-18-8-1-2-9-19(18)26-21/h1-3,5-6,8-11,13,17H,4,7,12,14H2,(H,23,24)(H,25,26)/t17-/m0/s1. The van der Waals surface area contributed by atoms with Crippen molar-refractivity contribution in [1.29, 1.82) is 0 Å². The second-order valence-corrected chi connectivity index (χ2v) is 7.25. The summed E-state index contributed by atoms with van der Waals surface area (Å²) in [5, 5.41) is 0. The number of nitrogens with zero attached hydrogens (tertiary/aromatic N) is 3. The molecule has 1 saturated heterocycles. The van der Waals surface area contributed by atoms with Crippen molar-refractivity contribution in [2.75, 3.05) is 13.1 Å². The van der Waals surface area contributed by atoms with Crippen molar-refractivity contribution in [3.05, 3.63) is 72.3 Å². The third-order valence-electron chi connectivity index (χ3n) is 5.38. The molecule has 140 valence electrons. The van der Waals surface area contributed by atoms with E-state index >= 15 is 0 Å². The lowest BCUT2D eigenvalue weighted by atomic mass is 9.96. The van der Waals surface area contributed by atoms with Gasteiger partial charge < -0.3 is 14.9 Å². The van der Waals surface area contributed by atoms with Crippen LogP contribution in [0.25, 0.3) is 22.4 Å². The van der Waals surface area contributed by atoms with Gasteiger partial charge in [-0.3, -0.25) is 4.79 Å². The summed E-state index contributed by atoms with van der Waals surface area (Å²) in [4.78, 5) is 30.6. The molecule has 0 spiro atoms. The minimum Gasteiger partial charge on any atom is -0.345 e. The highest BCUT2D eigenvalue weighted by Gasteiger charge is 2.27. The summed E-state index contributed by atoms with van der Waals surface area (Å²) in [6.07, 6.45) is 5.51. The molecule has 0 radical (unpaired) electrons. The number of aromatic amines is 2. The second-order valence-electron chi connectivity index (χ2n) is 7.25. The Kier molecular flexibility index (Phi) is 4.16. The number of carbonyl (C=O) groups excluding carboxylic acids is 1. The Bertz CT molecular complexity index is 1080. The van der Waals surface area contributed by atoms with Crippen LogP contribution in [0, 0.1) is 0 Å². The molecular formula is C22H21N5O. The maximum absolute atomic E-state index is 13.1. The molecule has 0 unspecified atom stereocenters. The van der Waals surface area contributed by atoms with Gasteiger partial charge in [0.2, 0.25) is 0 Å². The molecule has 0 bridgehead atoms. The lowest BCUT2D eigenvalue weighted by Crippen LogP contribution is -2.39. The van der Waals surface area contributed by atoms with Crippen molar-refractivity contribution in [3.8, 4) is 11.4 Å². The van der Waals surface area contributed by atoms with Gasteiger partial charge in [0.1, 0.15) is 11.6 Å². The van der Waals surface area contributed by atoms with E-state index in [1.54, 1.807) is 12.4 Å². The van der Waals surface area contributed by atoms with E-state index in [4.69, 9.17) is 4.98 Å². The van der Waals surface area contributed by atoms with Crippen molar-refractivity contribution < 1.29 is 4.79 Å². The van der Waals surface area contributed by atoms with Crippen LogP contribution >= 0.6 is 0 Å². The molecule has 1 aliphatic rings. The van der Waals surface area contributed by atoms with Crippen LogP contribution in [0.3, 0.4) is 0 Å². The number of rotatable bonds is 3. The summed E-state index contributed by atoms with van der Waals surface area (Å²) in [5.74, 6) is 2.05. The molecule has 2 N–H and O–H groups in total. The van der Waals surface area contributed by atoms with E-state index in [1.807, 2.05) is 53.4 Å². The molecule has 5 rings (SSSR count). The molecule has 1 atom stereocenters. The third kappa shape index (κ3) is 3.07. The number of imidazole rings is 2. The zero-order valence-corrected chi connectivity index (χ0v) is 15.4. The van der Waals surface area contributed by atoms with Gasteiger partial charge in [0.15, 0.2) is 0 Å². The molecular weight excluding hydrogens is 350 g/mol. The molecule has 2 aromatic carbocycles. The van der Waals surface area contributed by atoms with Gasteiger partial charge in [-0.15, -0.1) is 0 Å². The summed E-state index contributed by atoms with van der Waals surface area (Å²) in [6.45, 7) is 1.46. The molecule has 1 amide bonds. The maximum atomic E-state index is 13.1. The molecule has 6 nitrogen and oxygen atoms in total. The number of benzene rings is 2. The van der Waals surface area contributed by atoms with E-state index in [-0.39, 0.29) is 11.8 Å². The van der Waals surface area contributed by atoms with Crippen LogP contribution in [0.5, 0.6) is 0 Å². The molecule has 1 aliphatic heterocycles. The van der Waals surface area contributed by atoms with Gasteiger partial charge in [0.05, 0.1) is 11.0 Å². The number of amides is 1. The van der Waals surface area contributed by atoms with Crippen LogP contribution in [-0.2, 0) is 0 Å². The number of para-hydroxylation sites is 2. The van der Waals surface area contributed by atoms with E-state index in [0.717, 1.165) is 47.6 Å². The van der Waals surface area contributed by atoms with E-state index in [1.165, 1.54) is 0 Å². The Balaban J connectivity index is 1.37. The summed E-state index contributed by atoms with van der Waals surface area (Å²) < 4.78 is 0. The number of fused-ring (bicyclic) bond motifs is 1. The van der Waals surface area contributed by atoms with Gasteiger partial charge in [-0.25, -0.2) is 9.97 Å². The summed E-state index contributed by atoms with van der Waals surface area (Å²) in [6, 6.07) is 15.7. The fourth-order valence-corrected chi connectivity index (χ4v) is 3.96. The Morgan fingerprint density at radius 3 is 2.93 bits per heavy atom. The van der Waals surface area contributed by atoms with E-state index in [2.05, 4.69) is 15.0 Å². The molecule has 3 heterocycles. The Labute approximate surface area is 162 Å². The Hall–Kier alpha value is -3.41. The minimum absolute atomic E-state index is 0.0641. The largest absolute Gasteiger partial charge is 0.345 e. The van der Waals surface area contributed by atoms with Crippen molar-refractivity contribution in [3.63, 3.8) is 0 Å². The van der Waals surface area contributed by atoms with Crippen LogP contribution in [0.2, 0.25) is 0 Å². The van der Waals surface area contributed by atoms with Crippen LogP contribution < -0.4 is 0 Å². The fourth-order valence-electron chi connectivity index (χ4n) is 3.96. The average Bonchev–Trinajstić information content (AvgIpc) is 3.43. The smallest absolute Gasteiger partial charge is 0.253 e. The van der Waals surface area contributed by atoms with Gasteiger partial charge >= 0.3 is 0 Å². The molecule has 1 fully saturated rings. The zero-order valence-electron chi connectivity index (χ0n) is 15.4. The first kappa shape index (κ1) is 16.7. The number of H-pyrrole nitrogens is 2. The normalized spacial score (nSPS) is 17.1. The van der Waals surface area contributed by atoms with Crippen LogP contribution in [0.15, 0.2) is 60.9 Å². The number of hydrogen-bond acceptors (Lipinski definition) is 3. The van der Waals surface area contributed by atoms with E-state index in [0.29, 0.717) is 12.1 Å². The lowest BCUT2D eigenvalue weighted by Gasteiger charge is -2.32. The highest BCUT2D eigenvalue weighted by molar-refractivity contribution is 5.95. The molecule has 2 aromatic heterocycles. The van der Waals surface area contributed by atoms with Gasteiger partial charge in [-0.05, 0) is 37.1 Å². The molecule has 0 aliphatic carbocycles. The van der Waals surface area contributed by atoms with Crippen molar-refractivity contribution >= 4 is 16.9 Å². The van der Waals surface area contributed by atoms with Gasteiger partial charge in [0, 0.05) is 42.5 Å². The monoisotopic (exact) mass is 371 g/mol. The molecule has 0 saturated carbocycles. The number of nitrogens with one attached hydrogen (secondary N) is 2. The number of aromatic nitrogens is 4. The number of carbonyl (C=O) groups is 1. The SMILES string of the molecule is O=C(c1cccc(-c2ncc[nH]2)c1)N1CCC[C@H](c2nc3ccccc3[nH]2)C1. The Morgan fingerprint density at radius 2 is 2.07 bits per heavy atom. The average molecular weight is 371 g/mol. The van der Waals surface area contributed by atoms with E-state index < -0.39 is 0 Å². The predicted molar refractivity (Wildman–Crippen MR) is 108 cm³/mol. The van der Waals surface area contributed by atoms with Gasteiger partial charge in [-0.1, -0.05) is 24.3 Å². The summed E-state index contributed by atoms with van der Waals surface area (Å²) >= 11 is 0. The first-order valence-electron chi connectivity index (χ1n) is 9.62. The molecule has 6 heteroatoms. The third-order valence-corrected chi connectivity index (χ3v) is 5.38. The van der Waals surface area contributed by atoms with Crippen LogP contribution in [0.1, 0.15) is 34.9 Å². The van der Waals surface area contributed by atoms with Crippen molar-refractivity contribution in [1.82, 2.24) is 24.8 Å². The number of likely N-dealkylation sites (tertiary alicyclic amines) is 1. The van der Waals surface area contributed by atoms with Crippen LogP contribution in [0.4, 0.5) is 0 Å².